The number of unbranched alkanes of at least 4 members (excludes halogenated alkanes) is 4. The maximum absolute atomic E-state index is 12.2. The minimum Gasteiger partial charge on any atom is -0.756 e. The maximum Gasteiger partial charge on any atom is 0.306 e. The summed E-state index contributed by atoms with van der Waals surface area (Å²) in [6.07, 6.45) is 21.3. The number of nitrogens with zero attached hydrogens (tertiary/aromatic N) is 1. The van der Waals surface area contributed by atoms with Crippen LogP contribution in [0, 0.1) is 0 Å². The van der Waals surface area contributed by atoms with Crippen LogP contribution < -0.4 is 4.89 Å². The summed E-state index contributed by atoms with van der Waals surface area (Å²) in [5.41, 5.74) is 0. The molecule has 0 heterocycles. The zero-order valence-electron chi connectivity index (χ0n) is 25.6. The largest absolute Gasteiger partial charge is 0.756 e. The third-order valence-electron chi connectivity index (χ3n) is 5.49. The van der Waals surface area contributed by atoms with Crippen LogP contribution in [0.25, 0.3) is 0 Å². The summed E-state index contributed by atoms with van der Waals surface area (Å²) in [5.74, 6) is -1.14. The highest BCUT2D eigenvalue weighted by molar-refractivity contribution is 7.45. The summed E-state index contributed by atoms with van der Waals surface area (Å²) >= 11 is 0. The number of hydrogen-bond donors (Lipinski definition) is 1. The van der Waals surface area contributed by atoms with Gasteiger partial charge in [0, 0.05) is 13.3 Å². The molecule has 0 aliphatic heterocycles. The van der Waals surface area contributed by atoms with Gasteiger partial charge in [0.1, 0.15) is 19.8 Å². The third-order valence-corrected chi connectivity index (χ3v) is 6.45. The molecule has 0 radical (unpaired) electrons. The van der Waals surface area contributed by atoms with Crippen molar-refractivity contribution in [1.29, 1.82) is 0 Å². The van der Waals surface area contributed by atoms with Gasteiger partial charge in [-0.05, 0) is 38.5 Å². The summed E-state index contributed by atoms with van der Waals surface area (Å²) in [7, 11) is 1.07. The van der Waals surface area contributed by atoms with Gasteiger partial charge in [-0.15, -0.1) is 0 Å². The second-order valence-corrected chi connectivity index (χ2v) is 12.1. The monoisotopic (exact) mass is 601 g/mol. The zero-order chi connectivity index (χ0) is 31.0. The van der Waals surface area contributed by atoms with Crippen LogP contribution in [0.2, 0.25) is 0 Å². The number of allylic oxidation sites excluding steroid dienone is 6. The van der Waals surface area contributed by atoms with E-state index in [1.807, 2.05) is 57.6 Å². The molecule has 0 aromatic carbocycles. The molecule has 0 rings (SSSR count). The van der Waals surface area contributed by atoms with Crippen LogP contribution in [-0.4, -0.2) is 81.2 Å². The van der Waals surface area contributed by atoms with E-state index in [4.69, 9.17) is 18.5 Å². The number of ether oxygens (including phenoxy) is 2. The van der Waals surface area contributed by atoms with E-state index in [0.29, 0.717) is 30.3 Å². The summed E-state index contributed by atoms with van der Waals surface area (Å²) in [6.45, 7) is 2.93. The van der Waals surface area contributed by atoms with Crippen molar-refractivity contribution in [2.45, 2.75) is 83.8 Å². The average molecular weight is 602 g/mol. The van der Waals surface area contributed by atoms with Crippen molar-refractivity contribution in [3.05, 3.63) is 48.6 Å². The molecule has 0 saturated heterocycles. The van der Waals surface area contributed by atoms with E-state index < -0.39 is 38.6 Å². The lowest BCUT2D eigenvalue weighted by Gasteiger charge is -2.28. The van der Waals surface area contributed by atoms with Gasteiger partial charge >= 0.3 is 11.9 Å². The van der Waals surface area contributed by atoms with Crippen LogP contribution in [0.3, 0.4) is 0 Å². The highest BCUT2D eigenvalue weighted by atomic mass is 31.2. The third kappa shape index (κ3) is 27.9. The predicted molar refractivity (Wildman–Crippen MR) is 159 cm³/mol. The molecule has 0 aromatic rings. The first kappa shape index (κ1) is 38.9. The van der Waals surface area contributed by atoms with Crippen molar-refractivity contribution in [3.8, 4) is 0 Å². The molecule has 0 bridgehead atoms. The van der Waals surface area contributed by atoms with Crippen molar-refractivity contribution >= 4 is 19.8 Å². The number of hydrogen-bond acceptors (Lipinski definition) is 9. The fourth-order valence-electron chi connectivity index (χ4n) is 3.16. The molecule has 3 atom stereocenters. The Morgan fingerprint density at radius 1 is 0.951 bits per heavy atom. The molecule has 0 aliphatic rings. The molecule has 10 nitrogen and oxygen atoms in total. The molecule has 11 heteroatoms. The van der Waals surface area contributed by atoms with Gasteiger partial charge in [0.15, 0.2) is 6.10 Å². The van der Waals surface area contributed by atoms with Gasteiger partial charge in [-0.2, -0.15) is 0 Å². The average Bonchev–Trinajstić information content (AvgIpc) is 2.87. The summed E-state index contributed by atoms with van der Waals surface area (Å²) in [5, 5.41) is 9.94. The Morgan fingerprint density at radius 3 is 2.34 bits per heavy atom. The number of likely N-dealkylation sites (N-methyl/N-ethyl adjacent to an activating group) is 1. The molecule has 0 saturated carbocycles. The number of phosphoric ester groups is 1. The fourth-order valence-corrected chi connectivity index (χ4v) is 3.89. The number of aliphatic hydroxyl groups excluding tert-OH is 1. The maximum atomic E-state index is 12.2. The van der Waals surface area contributed by atoms with Gasteiger partial charge in [-0.3, -0.25) is 14.2 Å². The van der Waals surface area contributed by atoms with E-state index in [0.717, 1.165) is 12.8 Å². The zero-order valence-corrected chi connectivity index (χ0v) is 26.5. The lowest BCUT2D eigenvalue weighted by atomic mass is 10.1. The van der Waals surface area contributed by atoms with E-state index in [-0.39, 0.29) is 19.6 Å². The smallest absolute Gasteiger partial charge is 0.306 e. The van der Waals surface area contributed by atoms with E-state index >= 15 is 0 Å². The van der Waals surface area contributed by atoms with Crippen LogP contribution in [0.15, 0.2) is 48.6 Å². The minimum absolute atomic E-state index is 0.0566. The van der Waals surface area contributed by atoms with Crippen LogP contribution in [0.4, 0.5) is 0 Å². The molecule has 0 fully saturated rings. The standard InChI is InChI=1S/C30H52NO9P/c1-6-7-8-9-14-17-20-28(33)21-18-15-12-10-11-13-16-19-22-30(34)40-29(25-37-27(2)32)26-39-41(35,36)38-24-23-31(3,4)5/h11-15,17-18,21,28-29,33H,6-10,16,19-20,22-26H2,1-5H3/b13-11-,15-12-,17-14-,21-18+/t28-,29+/m0/s1. The first-order valence-corrected chi connectivity index (χ1v) is 15.9. The highest BCUT2D eigenvalue weighted by Crippen LogP contribution is 2.38. The molecule has 1 N–H and O–H groups in total. The van der Waals surface area contributed by atoms with E-state index in [1.54, 1.807) is 6.08 Å². The highest BCUT2D eigenvalue weighted by Gasteiger charge is 2.21. The number of aliphatic hydroxyl groups is 1. The number of esters is 2. The number of rotatable bonds is 24. The lowest BCUT2D eigenvalue weighted by molar-refractivity contribution is -0.870. The van der Waals surface area contributed by atoms with Crippen LogP contribution >= 0.6 is 7.82 Å². The summed E-state index contributed by atoms with van der Waals surface area (Å²) in [6, 6.07) is 0. The Kier molecular flexibility index (Phi) is 22.3. The molecule has 0 amide bonds. The van der Waals surface area contributed by atoms with Crippen LogP contribution in [-0.2, 0) is 32.7 Å². The molecule has 1 unspecified atom stereocenters. The van der Waals surface area contributed by atoms with E-state index in [1.165, 1.54) is 26.2 Å². The Morgan fingerprint density at radius 2 is 1.66 bits per heavy atom. The Hall–Kier alpha value is -2.07. The Balaban J connectivity index is 4.30. The first-order chi connectivity index (χ1) is 19.3. The van der Waals surface area contributed by atoms with Crippen molar-refractivity contribution < 1.29 is 47.2 Å². The van der Waals surface area contributed by atoms with Gasteiger partial charge in [0.05, 0.1) is 33.9 Å². The van der Waals surface area contributed by atoms with Crippen molar-refractivity contribution in [2.24, 2.45) is 0 Å². The van der Waals surface area contributed by atoms with Crippen LogP contribution in [0.1, 0.15) is 71.6 Å². The Labute approximate surface area is 246 Å². The fraction of sp³-hybridized carbons (Fsp3) is 0.667. The molecule has 41 heavy (non-hydrogen) atoms. The predicted octanol–water partition coefficient (Wildman–Crippen LogP) is 4.79. The summed E-state index contributed by atoms with van der Waals surface area (Å²) < 4.78 is 32.3. The topological polar surface area (TPSA) is 131 Å². The van der Waals surface area contributed by atoms with Crippen LogP contribution in [0.5, 0.6) is 0 Å². The number of carbonyl (C=O) groups is 2. The molecular formula is C30H52NO9P. The van der Waals surface area contributed by atoms with E-state index in [2.05, 4.69) is 13.0 Å². The molecule has 0 spiro atoms. The second-order valence-electron chi connectivity index (χ2n) is 10.7. The number of phosphoric acid groups is 1. The first-order valence-electron chi connectivity index (χ1n) is 14.4. The van der Waals surface area contributed by atoms with Gasteiger partial charge < -0.3 is 33.0 Å². The van der Waals surface area contributed by atoms with Crippen molar-refractivity contribution in [2.75, 3.05) is 47.5 Å². The molecule has 236 valence electrons. The number of carbonyl (C=O) groups excluding carboxylic acids is 2. The normalized spacial score (nSPS) is 15.6. The minimum atomic E-state index is -4.61. The van der Waals surface area contributed by atoms with Gasteiger partial charge in [0.2, 0.25) is 0 Å². The van der Waals surface area contributed by atoms with Gasteiger partial charge in [-0.25, -0.2) is 0 Å². The van der Waals surface area contributed by atoms with Gasteiger partial charge in [0.25, 0.3) is 7.82 Å². The van der Waals surface area contributed by atoms with Crippen molar-refractivity contribution in [3.63, 3.8) is 0 Å². The molecule has 0 aliphatic carbocycles. The molecule has 0 aromatic heterocycles. The number of quaternary nitrogens is 1. The SMILES string of the molecule is CCCCC/C=C\C[C@H](O)/C=C/C=C\C/C=C\CCCC(=O)O[C@H](COC(C)=O)COP(=O)([O-])OCC[N+](C)(C)C. The van der Waals surface area contributed by atoms with Gasteiger partial charge in [-0.1, -0.05) is 68.4 Å². The Bertz CT molecular complexity index is 878. The quantitative estimate of drug-likeness (QED) is 0.0414. The second kappa shape index (κ2) is 23.5. The summed E-state index contributed by atoms with van der Waals surface area (Å²) in [4.78, 5) is 35.4. The lowest BCUT2D eigenvalue weighted by Crippen LogP contribution is -2.37. The molecular weight excluding hydrogens is 549 g/mol. The van der Waals surface area contributed by atoms with Crippen molar-refractivity contribution in [1.82, 2.24) is 0 Å². The van der Waals surface area contributed by atoms with E-state index in [9.17, 15) is 24.2 Å².